The van der Waals surface area contributed by atoms with E-state index >= 15 is 0 Å². The fourth-order valence-electron chi connectivity index (χ4n) is 3.08. The predicted molar refractivity (Wildman–Crippen MR) is 111 cm³/mol. The van der Waals surface area contributed by atoms with Crippen LogP contribution in [0.2, 0.25) is 0 Å². The molecule has 0 spiro atoms. The Balaban J connectivity index is 2.15. The average Bonchev–Trinajstić information content (AvgIpc) is 3.12. The van der Waals surface area contributed by atoms with Gasteiger partial charge in [0, 0.05) is 36.2 Å². The Kier molecular flexibility index (Phi) is 6.12. The maximum atomic E-state index is 13.3. The number of methoxy groups -OCH3 is 1. The van der Waals surface area contributed by atoms with Crippen LogP contribution in [0.1, 0.15) is 18.1 Å². The molecular formula is C20H22N2O4S2. The molecule has 0 aliphatic carbocycles. The second-order valence-electron chi connectivity index (χ2n) is 6.18. The highest BCUT2D eigenvalue weighted by Gasteiger charge is 2.25. The van der Waals surface area contributed by atoms with E-state index in [4.69, 9.17) is 4.74 Å². The lowest BCUT2D eigenvalue weighted by atomic mass is 10.1. The Morgan fingerprint density at radius 2 is 1.86 bits per heavy atom. The van der Waals surface area contributed by atoms with Gasteiger partial charge >= 0.3 is 0 Å². The quantitative estimate of drug-likeness (QED) is 0.595. The van der Waals surface area contributed by atoms with Gasteiger partial charge in [0.05, 0.1) is 22.9 Å². The van der Waals surface area contributed by atoms with Crippen LogP contribution >= 0.6 is 11.8 Å². The third-order valence-corrected chi connectivity index (χ3v) is 7.04. The third-order valence-electron chi connectivity index (χ3n) is 4.61. The van der Waals surface area contributed by atoms with Crippen molar-refractivity contribution in [2.75, 3.05) is 20.4 Å². The van der Waals surface area contributed by atoms with Gasteiger partial charge in [-0.2, -0.15) is 0 Å². The molecule has 1 amide bonds. The molecule has 0 bridgehead atoms. The molecule has 148 valence electrons. The SMILES string of the molecule is CNC(=O)CC(OC)c1cn(S(=O)(=O)c2ccc(SC)cc2)c2ccccc12. The van der Waals surface area contributed by atoms with Crippen LogP contribution in [0.15, 0.2) is 64.5 Å². The maximum absolute atomic E-state index is 13.3. The Morgan fingerprint density at radius 3 is 2.46 bits per heavy atom. The largest absolute Gasteiger partial charge is 0.376 e. The number of hydrogen-bond acceptors (Lipinski definition) is 5. The number of fused-ring (bicyclic) bond motifs is 1. The number of ether oxygens (including phenoxy) is 1. The fourth-order valence-corrected chi connectivity index (χ4v) is 4.87. The van der Waals surface area contributed by atoms with Crippen molar-refractivity contribution in [2.45, 2.75) is 22.3 Å². The maximum Gasteiger partial charge on any atom is 0.268 e. The highest BCUT2D eigenvalue weighted by molar-refractivity contribution is 7.98. The van der Waals surface area contributed by atoms with Crippen LogP contribution in [-0.2, 0) is 19.6 Å². The summed E-state index contributed by atoms with van der Waals surface area (Å²) >= 11 is 1.55. The third kappa shape index (κ3) is 3.80. The van der Waals surface area contributed by atoms with Crippen molar-refractivity contribution in [1.82, 2.24) is 9.29 Å². The summed E-state index contributed by atoms with van der Waals surface area (Å²) in [4.78, 5) is 13.1. The molecule has 1 aromatic heterocycles. The van der Waals surface area contributed by atoms with Gasteiger partial charge < -0.3 is 10.1 Å². The minimum Gasteiger partial charge on any atom is -0.376 e. The molecule has 28 heavy (non-hydrogen) atoms. The molecule has 0 saturated heterocycles. The van der Waals surface area contributed by atoms with E-state index in [1.807, 2.05) is 18.4 Å². The molecule has 3 aromatic rings. The number of amides is 1. The predicted octanol–water partition coefficient (Wildman–Crippen LogP) is 3.42. The van der Waals surface area contributed by atoms with Crippen LogP contribution in [0.25, 0.3) is 10.9 Å². The van der Waals surface area contributed by atoms with E-state index in [0.717, 1.165) is 10.3 Å². The van der Waals surface area contributed by atoms with Gasteiger partial charge in [-0.25, -0.2) is 12.4 Å². The van der Waals surface area contributed by atoms with Crippen LogP contribution in [0.3, 0.4) is 0 Å². The van der Waals surface area contributed by atoms with Crippen molar-refractivity contribution in [3.05, 3.63) is 60.3 Å². The number of carbonyl (C=O) groups excluding carboxylic acids is 1. The van der Waals surface area contributed by atoms with Crippen LogP contribution in [-0.4, -0.2) is 38.7 Å². The Morgan fingerprint density at radius 1 is 1.18 bits per heavy atom. The summed E-state index contributed by atoms with van der Waals surface area (Å²) < 4.78 is 33.3. The number of aromatic nitrogens is 1. The molecule has 2 aromatic carbocycles. The molecule has 0 aliphatic heterocycles. The van der Waals surface area contributed by atoms with Gasteiger partial charge in [-0.15, -0.1) is 11.8 Å². The summed E-state index contributed by atoms with van der Waals surface area (Å²) in [5, 5.41) is 3.31. The monoisotopic (exact) mass is 418 g/mol. The first-order valence-electron chi connectivity index (χ1n) is 8.65. The van der Waals surface area contributed by atoms with Gasteiger partial charge in [-0.1, -0.05) is 18.2 Å². The number of nitrogens with zero attached hydrogens (tertiary/aromatic N) is 1. The van der Waals surface area contributed by atoms with Crippen LogP contribution in [0.5, 0.6) is 0 Å². The second-order valence-corrected chi connectivity index (χ2v) is 8.87. The van der Waals surface area contributed by atoms with Crippen molar-refractivity contribution in [2.24, 2.45) is 0 Å². The summed E-state index contributed by atoms with van der Waals surface area (Å²) in [6, 6.07) is 14.0. The number of carbonyl (C=O) groups is 1. The Bertz CT molecular complexity index is 1090. The van der Waals surface area contributed by atoms with Gasteiger partial charge in [0.1, 0.15) is 0 Å². The number of rotatable bonds is 7. The number of nitrogens with one attached hydrogen (secondary N) is 1. The smallest absolute Gasteiger partial charge is 0.268 e. The standard InChI is InChI=1S/C20H22N2O4S2/c1-21-20(23)12-19(26-2)17-13-22(18-7-5-4-6-16(17)18)28(24,25)15-10-8-14(27-3)9-11-15/h4-11,13,19H,12H2,1-3H3,(H,21,23). The van der Waals surface area contributed by atoms with E-state index in [1.54, 1.807) is 61.4 Å². The minimum atomic E-state index is -3.79. The van der Waals surface area contributed by atoms with E-state index in [0.29, 0.717) is 11.1 Å². The Hall–Kier alpha value is -2.29. The van der Waals surface area contributed by atoms with E-state index in [1.165, 1.54) is 11.1 Å². The molecule has 1 heterocycles. The van der Waals surface area contributed by atoms with Crippen molar-refractivity contribution < 1.29 is 17.9 Å². The van der Waals surface area contributed by atoms with Crippen LogP contribution in [0, 0.1) is 0 Å². The average molecular weight is 419 g/mol. The number of thioether (sulfide) groups is 1. The first-order chi connectivity index (χ1) is 13.4. The second kappa shape index (κ2) is 8.38. The van der Waals surface area contributed by atoms with Gasteiger partial charge in [0.25, 0.3) is 10.0 Å². The molecule has 8 heteroatoms. The fraction of sp³-hybridized carbons (Fsp3) is 0.250. The summed E-state index contributed by atoms with van der Waals surface area (Å²) in [5.41, 5.74) is 1.21. The van der Waals surface area contributed by atoms with E-state index < -0.39 is 16.1 Å². The van der Waals surface area contributed by atoms with Crippen LogP contribution in [0.4, 0.5) is 0 Å². The molecule has 1 atom stereocenters. The molecule has 0 fully saturated rings. The lowest BCUT2D eigenvalue weighted by molar-refractivity contribution is -0.123. The lowest BCUT2D eigenvalue weighted by Gasteiger charge is -2.13. The van der Waals surface area contributed by atoms with Gasteiger partial charge in [-0.3, -0.25) is 4.79 Å². The van der Waals surface area contributed by atoms with Crippen molar-refractivity contribution in [1.29, 1.82) is 0 Å². The lowest BCUT2D eigenvalue weighted by Crippen LogP contribution is -2.21. The molecule has 6 nitrogen and oxygen atoms in total. The van der Waals surface area contributed by atoms with E-state index in [-0.39, 0.29) is 17.2 Å². The van der Waals surface area contributed by atoms with Crippen molar-refractivity contribution in [3.63, 3.8) is 0 Å². The molecule has 0 aliphatic rings. The van der Waals surface area contributed by atoms with Gasteiger partial charge in [0.2, 0.25) is 5.91 Å². The van der Waals surface area contributed by atoms with Crippen molar-refractivity contribution >= 4 is 38.6 Å². The zero-order valence-corrected chi connectivity index (χ0v) is 17.5. The molecule has 0 radical (unpaired) electrons. The molecule has 3 rings (SSSR count). The van der Waals surface area contributed by atoms with E-state index in [2.05, 4.69) is 5.32 Å². The van der Waals surface area contributed by atoms with Crippen LogP contribution < -0.4 is 5.32 Å². The number of hydrogen-bond donors (Lipinski definition) is 1. The summed E-state index contributed by atoms with van der Waals surface area (Å²) in [5.74, 6) is -0.181. The zero-order valence-electron chi connectivity index (χ0n) is 15.9. The summed E-state index contributed by atoms with van der Waals surface area (Å²) in [7, 11) is -0.728. The first-order valence-corrected chi connectivity index (χ1v) is 11.3. The first kappa shape index (κ1) is 20.4. The van der Waals surface area contributed by atoms with Crippen molar-refractivity contribution in [3.8, 4) is 0 Å². The minimum absolute atomic E-state index is 0.101. The van der Waals surface area contributed by atoms with Gasteiger partial charge in [0.15, 0.2) is 0 Å². The topological polar surface area (TPSA) is 77.4 Å². The molecule has 1 N–H and O–H groups in total. The van der Waals surface area contributed by atoms with E-state index in [9.17, 15) is 13.2 Å². The zero-order chi connectivity index (χ0) is 20.3. The highest BCUT2D eigenvalue weighted by Crippen LogP contribution is 2.33. The summed E-state index contributed by atoms with van der Waals surface area (Å²) in [6.07, 6.45) is 3.04. The Labute approximate surface area is 168 Å². The number of benzene rings is 2. The normalized spacial score (nSPS) is 12.8. The van der Waals surface area contributed by atoms with Gasteiger partial charge in [-0.05, 0) is 36.6 Å². The molecule has 0 saturated carbocycles. The number of para-hydroxylation sites is 1. The highest BCUT2D eigenvalue weighted by atomic mass is 32.2. The summed E-state index contributed by atoms with van der Waals surface area (Å²) in [6.45, 7) is 0. The molecule has 1 unspecified atom stereocenters. The molecular weight excluding hydrogens is 396 g/mol.